The van der Waals surface area contributed by atoms with Crippen molar-refractivity contribution in [2.24, 2.45) is 0 Å². The predicted molar refractivity (Wildman–Crippen MR) is 73.9 cm³/mol. The maximum absolute atomic E-state index is 11.7. The van der Waals surface area contributed by atoms with E-state index in [-0.39, 0.29) is 6.04 Å². The highest BCUT2D eigenvalue weighted by molar-refractivity contribution is 6.30. The highest BCUT2D eigenvalue weighted by Gasteiger charge is 2.39. The fourth-order valence-corrected chi connectivity index (χ4v) is 2.19. The van der Waals surface area contributed by atoms with Gasteiger partial charge in [0.1, 0.15) is 5.54 Å². The zero-order valence-electron chi connectivity index (χ0n) is 11.0. The van der Waals surface area contributed by atoms with Gasteiger partial charge in [-0.15, -0.1) is 0 Å². The molecule has 2 atom stereocenters. The number of aliphatic carboxylic acids is 1. The third-order valence-corrected chi connectivity index (χ3v) is 3.55. The molecule has 2 N–H and O–H groups in total. The Balaban J connectivity index is 3.22. The molecule has 4 heteroatoms. The van der Waals surface area contributed by atoms with Crippen LogP contribution in [0.4, 0.5) is 0 Å². The van der Waals surface area contributed by atoms with Crippen LogP contribution in [0.3, 0.4) is 0 Å². The third-order valence-electron chi connectivity index (χ3n) is 3.32. The number of hydrogen-bond donors (Lipinski definition) is 2. The Morgan fingerprint density at radius 3 is 2.61 bits per heavy atom. The molecule has 0 amide bonds. The summed E-state index contributed by atoms with van der Waals surface area (Å²) in [5.74, 6) is -0.868. The summed E-state index contributed by atoms with van der Waals surface area (Å²) in [4.78, 5) is 11.7. The Hall–Kier alpha value is -1.06. The lowest BCUT2D eigenvalue weighted by Crippen LogP contribution is -2.52. The molecule has 2 unspecified atom stereocenters. The first kappa shape index (κ1) is 15.0. The van der Waals surface area contributed by atoms with Crippen LogP contribution in [0, 0.1) is 0 Å². The first-order valence-electron chi connectivity index (χ1n) is 6.23. The number of carbonyl (C=O) groups is 1. The standard InChI is InChI=1S/C14H20ClNO2/c1-4-10(3)16-14(5-2,13(17)18)11-7-6-8-12(15)9-11/h6-10,16H,4-5H2,1-3H3,(H,17,18). The van der Waals surface area contributed by atoms with E-state index in [0.717, 1.165) is 6.42 Å². The molecule has 1 aromatic carbocycles. The predicted octanol–water partition coefficient (Wildman–Crippen LogP) is 3.42. The lowest BCUT2D eigenvalue weighted by molar-refractivity contribution is -0.146. The van der Waals surface area contributed by atoms with Gasteiger partial charge in [0.05, 0.1) is 0 Å². The molecule has 0 fully saturated rings. The van der Waals surface area contributed by atoms with Crippen LogP contribution >= 0.6 is 11.6 Å². The summed E-state index contributed by atoms with van der Waals surface area (Å²) >= 11 is 5.96. The Kier molecular flexibility index (Phi) is 5.17. The molecule has 1 aromatic rings. The number of benzene rings is 1. The number of carboxylic acid groups (broad SMARTS) is 1. The number of nitrogens with one attached hydrogen (secondary N) is 1. The van der Waals surface area contributed by atoms with Crippen LogP contribution in [-0.4, -0.2) is 17.1 Å². The summed E-state index contributed by atoms with van der Waals surface area (Å²) < 4.78 is 0. The summed E-state index contributed by atoms with van der Waals surface area (Å²) in [6.45, 7) is 5.88. The van der Waals surface area contributed by atoms with Crippen molar-refractivity contribution in [1.29, 1.82) is 0 Å². The van der Waals surface area contributed by atoms with Gasteiger partial charge in [0.25, 0.3) is 0 Å². The van der Waals surface area contributed by atoms with Gasteiger partial charge in [-0.1, -0.05) is 37.6 Å². The van der Waals surface area contributed by atoms with Crippen LogP contribution in [0.1, 0.15) is 39.2 Å². The normalized spacial score (nSPS) is 16.0. The minimum Gasteiger partial charge on any atom is -0.480 e. The molecule has 0 heterocycles. The van der Waals surface area contributed by atoms with Gasteiger partial charge in [0.15, 0.2) is 0 Å². The van der Waals surface area contributed by atoms with Crippen molar-refractivity contribution in [3.8, 4) is 0 Å². The quantitative estimate of drug-likeness (QED) is 0.832. The van der Waals surface area contributed by atoms with Crippen molar-refractivity contribution in [3.05, 3.63) is 34.9 Å². The van der Waals surface area contributed by atoms with E-state index in [9.17, 15) is 9.90 Å². The Labute approximate surface area is 113 Å². The summed E-state index contributed by atoms with van der Waals surface area (Å²) in [6, 6.07) is 7.17. The average molecular weight is 270 g/mol. The van der Waals surface area contributed by atoms with E-state index < -0.39 is 11.5 Å². The van der Waals surface area contributed by atoms with Gasteiger partial charge in [-0.25, -0.2) is 4.79 Å². The summed E-state index contributed by atoms with van der Waals surface area (Å²) in [5.41, 5.74) is -0.370. The largest absolute Gasteiger partial charge is 0.480 e. The van der Waals surface area contributed by atoms with Gasteiger partial charge >= 0.3 is 5.97 Å². The number of rotatable bonds is 6. The molecule has 0 saturated carbocycles. The van der Waals surface area contributed by atoms with E-state index in [2.05, 4.69) is 5.32 Å². The smallest absolute Gasteiger partial charge is 0.328 e. The molecule has 0 spiro atoms. The molecular weight excluding hydrogens is 250 g/mol. The number of halogens is 1. The lowest BCUT2D eigenvalue weighted by Gasteiger charge is -2.33. The van der Waals surface area contributed by atoms with E-state index in [1.807, 2.05) is 20.8 Å². The van der Waals surface area contributed by atoms with Crippen LogP contribution in [-0.2, 0) is 10.3 Å². The van der Waals surface area contributed by atoms with Gasteiger partial charge in [-0.3, -0.25) is 5.32 Å². The van der Waals surface area contributed by atoms with Gasteiger partial charge in [0, 0.05) is 11.1 Å². The van der Waals surface area contributed by atoms with Crippen LogP contribution in [0.5, 0.6) is 0 Å². The second-order valence-corrected chi connectivity index (χ2v) is 4.96. The van der Waals surface area contributed by atoms with Crippen molar-refractivity contribution in [1.82, 2.24) is 5.32 Å². The maximum atomic E-state index is 11.7. The summed E-state index contributed by atoms with van der Waals surface area (Å²) in [6.07, 6.45) is 1.34. The van der Waals surface area contributed by atoms with Crippen LogP contribution in [0.15, 0.2) is 24.3 Å². The Morgan fingerprint density at radius 2 is 2.17 bits per heavy atom. The van der Waals surface area contributed by atoms with Crippen molar-refractivity contribution < 1.29 is 9.90 Å². The van der Waals surface area contributed by atoms with E-state index in [1.165, 1.54) is 0 Å². The molecule has 0 aromatic heterocycles. The van der Waals surface area contributed by atoms with Crippen LogP contribution in [0.25, 0.3) is 0 Å². The van der Waals surface area contributed by atoms with Gasteiger partial charge < -0.3 is 5.11 Å². The van der Waals surface area contributed by atoms with E-state index in [1.54, 1.807) is 24.3 Å². The fourth-order valence-electron chi connectivity index (χ4n) is 2.00. The monoisotopic (exact) mass is 269 g/mol. The SMILES string of the molecule is CCC(C)NC(CC)(C(=O)O)c1cccc(Cl)c1. The average Bonchev–Trinajstić information content (AvgIpc) is 2.35. The minimum absolute atomic E-state index is 0.125. The molecule has 0 aliphatic rings. The van der Waals surface area contributed by atoms with Crippen LogP contribution in [0.2, 0.25) is 5.02 Å². The summed E-state index contributed by atoms with van der Waals surface area (Å²) in [5, 5.41) is 13.4. The minimum atomic E-state index is -1.07. The first-order valence-corrected chi connectivity index (χ1v) is 6.61. The van der Waals surface area contributed by atoms with E-state index in [0.29, 0.717) is 17.0 Å². The number of hydrogen-bond acceptors (Lipinski definition) is 2. The van der Waals surface area contributed by atoms with Crippen molar-refractivity contribution in [3.63, 3.8) is 0 Å². The molecule has 0 aliphatic carbocycles. The molecule has 0 aliphatic heterocycles. The molecule has 1 rings (SSSR count). The molecule has 0 bridgehead atoms. The molecular formula is C14H20ClNO2. The molecule has 0 radical (unpaired) electrons. The first-order chi connectivity index (χ1) is 8.46. The molecule has 100 valence electrons. The van der Waals surface area contributed by atoms with Crippen molar-refractivity contribution in [2.75, 3.05) is 0 Å². The lowest BCUT2D eigenvalue weighted by atomic mass is 9.86. The molecule has 3 nitrogen and oxygen atoms in total. The number of carboxylic acids is 1. The van der Waals surface area contributed by atoms with E-state index >= 15 is 0 Å². The van der Waals surface area contributed by atoms with Gasteiger partial charge in [0.2, 0.25) is 0 Å². The van der Waals surface area contributed by atoms with Crippen LogP contribution < -0.4 is 5.32 Å². The zero-order chi connectivity index (χ0) is 13.8. The third kappa shape index (κ3) is 3.03. The fraction of sp³-hybridized carbons (Fsp3) is 0.500. The zero-order valence-corrected chi connectivity index (χ0v) is 11.8. The molecule has 0 saturated heterocycles. The van der Waals surface area contributed by atoms with Crippen molar-refractivity contribution >= 4 is 17.6 Å². The van der Waals surface area contributed by atoms with Gasteiger partial charge in [-0.2, -0.15) is 0 Å². The van der Waals surface area contributed by atoms with E-state index in [4.69, 9.17) is 11.6 Å². The highest BCUT2D eigenvalue weighted by atomic mass is 35.5. The Morgan fingerprint density at radius 1 is 1.50 bits per heavy atom. The maximum Gasteiger partial charge on any atom is 0.328 e. The molecule has 18 heavy (non-hydrogen) atoms. The highest BCUT2D eigenvalue weighted by Crippen LogP contribution is 2.28. The summed E-state index contributed by atoms with van der Waals surface area (Å²) in [7, 11) is 0. The van der Waals surface area contributed by atoms with Crippen molar-refractivity contribution in [2.45, 2.75) is 45.2 Å². The Bertz CT molecular complexity index is 422. The second kappa shape index (κ2) is 6.21. The van der Waals surface area contributed by atoms with Gasteiger partial charge in [-0.05, 0) is 37.5 Å². The topological polar surface area (TPSA) is 49.3 Å². The second-order valence-electron chi connectivity index (χ2n) is 4.53.